The van der Waals surface area contributed by atoms with E-state index in [1.165, 1.54) is 11.9 Å². The molecular formula is C9H9FN2O4. The van der Waals surface area contributed by atoms with Gasteiger partial charge in [-0.15, -0.1) is 0 Å². The van der Waals surface area contributed by atoms with Gasteiger partial charge in [0.05, 0.1) is 11.0 Å². The Kier molecular flexibility index (Phi) is 3.39. The second kappa shape index (κ2) is 4.56. The average molecular weight is 228 g/mol. The number of hydrogen-bond acceptors (Lipinski definition) is 4. The van der Waals surface area contributed by atoms with Crippen LogP contribution in [-0.2, 0) is 4.79 Å². The van der Waals surface area contributed by atoms with Gasteiger partial charge in [0.1, 0.15) is 12.4 Å². The molecule has 0 heterocycles. The van der Waals surface area contributed by atoms with Crippen LogP contribution in [0.4, 0.5) is 15.8 Å². The largest absolute Gasteiger partial charge is 0.480 e. The summed E-state index contributed by atoms with van der Waals surface area (Å²) in [6.07, 6.45) is 0. The predicted molar refractivity (Wildman–Crippen MR) is 54.0 cm³/mol. The van der Waals surface area contributed by atoms with Crippen LogP contribution >= 0.6 is 0 Å². The average Bonchev–Trinajstić information content (AvgIpc) is 2.15. The van der Waals surface area contributed by atoms with Gasteiger partial charge < -0.3 is 10.0 Å². The number of hydrogen-bond donors (Lipinski definition) is 1. The number of nitrogens with zero attached hydrogens (tertiary/aromatic N) is 2. The highest BCUT2D eigenvalue weighted by Gasteiger charge is 2.13. The Morgan fingerprint density at radius 1 is 1.56 bits per heavy atom. The summed E-state index contributed by atoms with van der Waals surface area (Å²) < 4.78 is 13.0. The van der Waals surface area contributed by atoms with E-state index in [1.54, 1.807) is 0 Å². The number of rotatable bonds is 4. The monoisotopic (exact) mass is 228 g/mol. The predicted octanol–water partition coefficient (Wildman–Crippen LogP) is 1.25. The van der Waals surface area contributed by atoms with Crippen molar-refractivity contribution in [3.63, 3.8) is 0 Å². The van der Waals surface area contributed by atoms with Crippen molar-refractivity contribution in [3.05, 3.63) is 34.1 Å². The van der Waals surface area contributed by atoms with E-state index in [0.717, 1.165) is 18.2 Å². The van der Waals surface area contributed by atoms with E-state index in [9.17, 15) is 19.3 Å². The lowest BCUT2D eigenvalue weighted by atomic mass is 10.2. The van der Waals surface area contributed by atoms with Gasteiger partial charge >= 0.3 is 5.97 Å². The van der Waals surface area contributed by atoms with Crippen molar-refractivity contribution < 1.29 is 19.2 Å². The van der Waals surface area contributed by atoms with Gasteiger partial charge in [0.15, 0.2) is 0 Å². The lowest BCUT2D eigenvalue weighted by Crippen LogP contribution is -2.25. The molecule has 0 aliphatic heterocycles. The van der Waals surface area contributed by atoms with Crippen molar-refractivity contribution in [2.24, 2.45) is 0 Å². The van der Waals surface area contributed by atoms with Crippen LogP contribution in [0.5, 0.6) is 0 Å². The normalized spacial score (nSPS) is 9.88. The fourth-order valence-electron chi connectivity index (χ4n) is 1.18. The topological polar surface area (TPSA) is 83.7 Å². The maximum Gasteiger partial charge on any atom is 0.323 e. The standard InChI is InChI=1S/C9H9FN2O4/c1-11(5-9(13)14)7-2-6(10)3-8(4-7)12(15)16/h2-4H,5H2,1H3,(H,13,14). The molecule has 6 nitrogen and oxygen atoms in total. The van der Waals surface area contributed by atoms with Crippen LogP contribution in [-0.4, -0.2) is 29.6 Å². The zero-order valence-corrected chi connectivity index (χ0v) is 8.38. The Balaban J connectivity index is 3.04. The summed E-state index contributed by atoms with van der Waals surface area (Å²) in [5.74, 6) is -1.88. The Hall–Kier alpha value is -2.18. The summed E-state index contributed by atoms with van der Waals surface area (Å²) in [5.41, 5.74) is -0.263. The highest BCUT2D eigenvalue weighted by Crippen LogP contribution is 2.22. The minimum Gasteiger partial charge on any atom is -0.480 e. The van der Waals surface area contributed by atoms with Crippen molar-refractivity contribution in [3.8, 4) is 0 Å². The fourth-order valence-corrected chi connectivity index (χ4v) is 1.18. The Morgan fingerprint density at radius 3 is 2.69 bits per heavy atom. The van der Waals surface area contributed by atoms with Gasteiger partial charge in [-0.25, -0.2) is 4.39 Å². The van der Waals surface area contributed by atoms with Gasteiger partial charge in [0.25, 0.3) is 5.69 Å². The summed E-state index contributed by atoms with van der Waals surface area (Å²) in [4.78, 5) is 21.3. The summed E-state index contributed by atoms with van der Waals surface area (Å²) >= 11 is 0. The van der Waals surface area contributed by atoms with Crippen molar-refractivity contribution in [1.29, 1.82) is 0 Å². The first-order chi connectivity index (χ1) is 7.40. The number of anilines is 1. The van der Waals surface area contributed by atoms with Gasteiger partial charge in [-0.05, 0) is 6.07 Å². The van der Waals surface area contributed by atoms with Gasteiger partial charge in [0.2, 0.25) is 0 Å². The molecule has 1 aromatic rings. The quantitative estimate of drug-likeness (QED) is 0.619. The molecule has 7 heteroatoms. The first-order valence-electron chi connectivity index (χ1n) is 4.28. The lowest BCUT2D eigenvalue weighted by Gasteiger charge is -2.16. The molecule has 0 radical (unpaired) electrons. The molecule has 0 aromatic heterocycles. The molecule has 16 heavy (non-hydrogen) atoms. The molecule has 0 aliphatic carbocycles. The van der Waals surface area contributed by atoms with E-state index in [0.29, 0.717) is 0 Å². The summed E-state index contributed by atoms with van der Waals surface area (Å²) in [7, 11) is 1.41. The van der Waals surface area contributed by atoms with Crippen LogP contribution < -0.4 is 4.90 Å². The van der Waals surface area contributed by atoms with Gasteiger partial charge in [0, 0.05) is 18.8 Å². The third-order valence-corrected chi connectivity index (χ3v) is 1.89. The highest BCUT2D eigenvalue weighted by atomic mass is 19.1. The molecule has 0 unspecified atom stereocenters. The van der Waals surface area contributed by atoms with Crippen molar-refractivity contribution in [2.75, 3.05) is 18.5 Å². The number of halogens is 1. The number of carboxylic acid groups (broad SMARTS) is 1. The first-order valence-corrected chi connectivity index (χ1v) is 4.28. The molecule has 1 N–H and O–H groups in total. The van der Waals surface area contributed by atoms with Gasteiger partial charge in [-0.3, -0.25) is 14.9 Å². The fraction of sp³-hybridized carbons (Fsp3) is 0.222. The van der Waals surface area contributed by atoms with Crippen LogP contribution in [0.15, 0.2) is 18.2 Å². The second-order valence-corrected chi connectivity index (χ2v) is 3.17. The van der Waals surface area contributed by atoms with Crippen molar-refractivity contribution in [1.82, 2.24) is 0 Å². The minimum absolute atomic E-state index is 0.147. The Morgan fingerprint density at radius 2 is 2.19 bits per heavy atom. The van der Waals surface area contributed by atoms with E-state index in [-0.39, 0.29) is 12.2 Å². The maximum absolute atomic E-state index is 13.0. The number of aliphatic carboxylic acids is 1. The second-order valence-electron chi connectivity index (χ2n) is 3.17. The van der Waals surface area contributed by atoms with Crippen LogP contribution in [0.3, 0.4) is 0 Å². The number of nitro benzene ring substituents is 1. The molecule has 0 spiro atoms. The third-order valence-electron chi connectivity index (χ3n) is 1.89. The molecule has 0 aliphatic rings. The number of nitro groups is 1. The van der Waals surface area contributed by atoms with E-state index in [2.05, 4.69) is 0 Å². The number of non-ortho nitro benzene ring substituents is 1. The van der Waals surface area contributed by atoms with Crippen LogP contribution in [0, 0.1) is 15.9 Å². The summed E-state index contributed by atoms with van der Waals surface area (Å²) in [6, 6.07) is 2.93. The van der Waals surface area contributed by atoms with Gasteiger partial charge in [-0.1, -0.05) is 0 Å². The smallest absolute Gasteiger partial charge is 0.323 e. The number of benzene rings is 1. The maximum atomic E-state index is 13.0. The summed E-state index contributed by atoms with van der Waals surface area (Å²) in [5, 5.41) is 19.0. The van der Waals surface area contributed by atoms with Crippen molar-refractivity contribution >= 4 is 17.3 Å². The van der Waals surface area contributed by atoms with Crippen LogP contribution in [0.1, 0.15) is 0 Å². The number of likely N-dealkylation sites (N-methyl/N-ethyl adjacent to an activating group) is 1. The minimum atomic E-state index is -1.10. The molecule has 0 atom stereocenters. The molecule has 86 valence electrons. The summed E-state index contributed by atoms with van der Waals surface area (Å²) in [6.45, 7) is -0.361. The third kappa shape index (κ3) is 2.91. The van der Waals surface area contributed by atoms with E-state index < -0.39 is 22.4 Å². The van der Waals surface area contributed by atoms with Crippen LogP contribution in [0.2, 0.25) is 0 Å². The van der Waals surface area contributed by atoms with Gasteiger partial charge in [-0.2, -0.15) is 0 Å². The SMILES string of the molecule is CN(CC(=O)O)c1cc(F)cc([N+](=O)[O-])c1. The first kappa shape index (κ1) is 11.9. The zero-order chi connectivity index (χ0) is 12.3. The zero-order valence-electron chi connectivity index (χ0n) is 8.38. The number of carbonyl (C=O) groups is 1. The van der Waals surface area contributed by atoms with Crippen molar-refractivity contribution in [2.45, 2.75) is 0 Å². The molecule has 0 bridgehead atoms. The van der Waals surface area contributed by atoms with Crippen LogP contribution in [0.25, 0.3) is 0 Å². The lowest BCUT2D eigenvalue weighted by molar-refractivity contribution is -0.385. The molecule has 1 aromatic carbocycles. The molecule has 1 rings (SSSR count). The molecule has 0 saturated carbocycles. The number of carboxylic acids is 1. The Labute approximate surface area is 90.1 Å². The molecule has 0 amide bonds. The van der Waals surface area contributed by atoms with E-state index in [1.807, 2.05) is 0 Å². The Bertz CT molecular complexity index is 436. The molecule has 0 saturated heterocycles. The molecule has 0 fully saturated rings. The highest BCUT2D eigenvalue weighted by molar-refractivity contribution is 5.73. The molecular weight excluding hydrogens is 219 g/mol. The van der Waals surface area contributed by atoms with E-state index in [4.69, 9.17) is 5.11 Å². The van der Waals surface area contributed by atoms with E-state index >= 15 is 0 Å².